The van der Waals surface area contributed by atoms with Gasteiger partial charge in [0.15, 0.2) is 5.65 Å². The van der Waals surface area contributed by atoms with Crippen LogP contribution >= 0.6 is 0 Å². The lowest BCUT2D eigenvalue weighted by Gasteiger charge is -2.12. The molecule has 3 rings (SSSR count). The Labute approximate surface area is 126 Å². The highest BCUT2D eigenvalue weighted by atomic mass is 16.5. The lowest BCUT2D eigenvalue weighted by atomic mass is 10.2. The van der Waals surface area contributed by atoms with Crippen molar-refractivity contribution >= 4 is 16.9 Å². The summed E-state index contributed by atoms with van der Waals surface area (Å²) in [6, 6.07) is 7.16. The van der Waals surface area contributed by atoms with Gasteiger partial charge in [-0.3, -0.25) is 0 Å². The topological polar surface area (TPSA) is 81.9 Å². The fourth-order valence-electron chi connectivity index (χ4n) is 2.27. The van der Waals surface area contributed by atoms with E-state index >= 15 is 0 Å². The fraction of sp³-hybridized carbons (Fsp3) is 0.200. The number of rotatable bonds is 3. The van der Waals surface area contributed by atoms with E-state index in [9.17, 15) is 4.79 Å². The number of hydrogen-bond donors (Lipinski definition) is 1. The molecule has 3 aromatic heterocycles. The normalized spacial score (nSPS) is 10.7. The van der Waals surface area contributed by atoms with E-state index in [0.717, 1.165) is 11.1 Å². The van der Waals surface area contributed by atoms with E-state index in [4.69, 9.17) is 4.74 Å². The second-order valence-electron chi connectivity index (χ2n) is 4.71. The lowest BCUT2D eigenvalue weighted by molar-refractivity contribution is 0.397. The Kier molecular flexibility index (Phi) is 3.46. The molecule has 0 radical (unpaired) electrons. The molecule has 112 valence electrons. The smallest absolute Gasteiger partial charge is 0.355 e. The van der Waals surface area contributed by atoms with Gasteiger partial charge in [0.2, 0.25) is 5.88 Å². The van der Waals surface area contributed by atoms with Gasteiger partial charge in [0.1, 0.15) is 5.82 Å². The third-order valence-corrected chi connectivity index (χ3v) is 3.30. The quantitative estimate of drug-likeness (QED) is 0.789. The van der Waals surface area contributed by atoms with Gasteiger partial charge in [-0.05, 0) is 25.1 Å². The molecule has 0 aromatic carbocycles. The van der Waals surface area contributed by atoms with Gasteiger partial charge >= 0.3 is 5.69 Å². The highest BCUT2D eigenvalue weighted by Gasteiger charge is 2.13. The van der Waals surface area contributed by atoms with Crippen LogP contribution in [0.25, 0.3) is 16.7 Å². The molecule has 22 heavy (non-hydrogen) atoms. The second-order valence-corrected chi connectivity index (χ2v) is 4.71. The molecule has 7 nitrogen and oxygen atoms in total. The molecule has 0 spiro atoms. The Morgan fingerprint density at radius 2 is 2.05 bits per heavy atom. The average Bonchev–Trinajstić information content (AvgIpc) is 2.53. The predicted octanol–water partition coefficient (Wildman–Crippen LogP) is 1.53. The summed E-state index contributed by atoms with van der Waals surface area (Å²) in [5.41, 5.74) is 1.55. The summed E-state index contributed by atoms with van der Waals surface area (Å²) in [6.45, 7) is 1.88. The third kappa shape index (κ3) is 2.26. The molecule has 0 aliphatic heterocycles. The highest BCUT2D eigenvalue weighted by Crippen LogP contribution is 2.21. The molecule has 0 unspecified atom stereocenters. The third-order valence-electron chi connectivity index (χ3n) is 3.30. The number of anilines is 1. The van der Waals surface area contributed by atoms with Gasteiger partial charge in [-0.2, -0.15) is 4.98 Å². The molecule has 0 atom stereocenters. The molecule has 0 saturated carbocycles. The standard InChI is InChI=1S/C15H15N5O2/c1-9-4-5-11-13(16-2)19-15(21)20(14(11)18-9)10-6-7-17-12(8-10)22-3/h4-8H,1-3H3,(H,16,19,21). The Hall–Kier alpha value is -2.96. The SMILES string of the molecule is CNc1nc(=O)n(-c2ccnc(OC)c2)c2nc(C)ccc12. The minimum Gasteiger partial charge on any atom is -0.481 e. The van der Waals surface area contributed by atoms with Crippen molar-refractivity contribution in [2.24, 2.45) is 0 Å². The first-order valence-corrected chi connectivity index (χ1v) is 6.72. The molecule has 0 amide bonds. The zero-order valence-electron chi connectivity index (χ0n) is 12.5. The average molecular weight is 297 g/mol. The molecule has 0 aliphatic rings. The number of nitrogens with zero attached hydrogens (tertiary/aromatic N) is 4. The van der Waals surface area contributed by atoms with Crippen molar-refractivity contribution in [1.29, 1.82) is 0 Å². The number of nitrogens with one attached hydrogen (secondary N) is 1. The van der Waals surface area contributed by atoms with Crippen molar-refractivity contribution in [1.82, 2.24) is 19.5 Å². The van der Waals surface area contributed by atoms with Gasteiger partial charge in [-0.15, -0.1) is 0 Å². The summed E-state index contributed by atoms with van der Waals surface area (Å²) >= 11 is 0. The Morgan fingerprint density at radius 3 is 2.77 bits per heavy atom. The maximum absolute atomic E-state index is 12.4. The number of fused-ring (bicyclic) bond motifs is 1. The molecule has 3 aromatic rings. The molecular formula is C15H15N5O2. The van der Waals surface area contributed by atoms with E-state index in [2.05, 4.69) is 20.3 Å². The molecule has 3 heterocycles. The van der Waals surface area contributed by atoms with Crippen LogP contribution < -0.4 is 15.7 Å². The monoisotopic (exact) mass is 297 g/mol. The zero-order valence-corrected chi connectivity index (χ0v) is 12.5. The number of pyridine rings is 2. The zero-order chi connectivity index (χ0) is 15.7. The van der Waals surface area contributed by atoms with E-state index in [0.29, 0.717) is 23.0 Å². The summed E-state index contributed by atoms with van der Waals surface area (Å²) in [6.07, 6.45) is 1.58. The predicted molar refractivity (Wildman–Crippen MR) is 83.8 cm³/mol. The molecular weight excluding hydrogens is 282 g/mol. The van der Waals surface area contributed by atoms with E-state index in [-0.39, 0.29) is 0 Å². The number of ether oxygens (including phenoxy) is 1. The summed E-state index contributed by atoms with van der Waals surface area (Å²) in [5, 5.41) is 3.70. The van der Waals surface area contributed by atoms with Crippen molar-refractivity contribution in [2.45, 2.75) is 6.92 Å². The summed E-state index contributed by atoms with van der Waals surface area (Å²) in [4.78, 5) is 25.1. The minimum absolute atomic E-state index is 0.414. The van der Waals surface area contributed by atoms with Crippen LogP contribution in [0.3, 0.4) is 0 Å². The molecule has 0 aliphatic carbocycles. The number of hydrogen-bond acceptors (Lipinski definition) is 6. The largest absolute Gasteiger partial charge is 0.481 e. The van der Waals surface area contributed by atoms with Crippen LogP contribution in [0.5, 0.6) is 5.88 Å². The fourth-order valence-corrected chi connectivity index (χ4v) is 2.27. The molecule has 1 N–H and O–H groups in total. The first-order chi connectivity index (χ1) is 10.6. The van der Waals surface area contributed by atoms with Crippen LogP contribution in [0.4, 0.5) is 5.82 Å². The summed E-state index contributed by atoms with van der Waals surface area (Å²) in [7, 11) is 3.25. The van der Waals surface area contributed by atoms with E-state index < -0.39 is 5.69 Å². The molecule has 0 fully saturated rings. The van der Waals surface area contributed by atoms with E-state index in [1.807, 2.05) is 19.1 Å². The van der Waals surface area contributed by atoms with Crippen LogP contribution in [0.2, 0.25) is 0 Å². The molecule has 0 bridgehead atoms. The van der Waals surface area contributed by atoms with Crippen molar-refractivity contribution in [3.63, 3.8) is 0 Å². The maximum Gasteiger partial charge on any atom is 0.355 e. The maximum atomic E-state index is 12.4. The van der Waals surface area contributed by atoms with Crippen LogP contribution in [0, 0.1) is 6.92 Å². The van der Waals surface area contributed by atoms with Crippen LogP contribution in [0.15, 0.2) is 35.3 Å². The molecule has 7 heteroatoms. The highest BCUT2D eigenvalue weighted by molar-refractivity contribution is 5.87. The van der Waals surface area contributed by atoms with Gasteiger partial charge in [0, 0.05) is 25.0 Å². The van der Waals surface area contributed by atoms with E-state index in [1.54, 1.807) is 25.4 Å². The van der Waals surface area contributed by atoms with Crippen LogP contribution in [-0.4, -0.2) is 33.7 Å². The van der Waals surface area contributed by atoms with Crippen molar-refractivity contribution in [3.8, 4) is 11.6 Å². The molecule has 0 saturated heterocycles. The van der Waals surface area contributed by atoms with Gasteiger partial charge in [0.25, 0.3) is 0 Å². The van der Waals surface area contributed by atoms with Gasteiger partial charge in [-0.1, -0.05) is 0 Å². The van der Waals surface area contributed by atoms with Crippen LogP contribution in [-0.2, 0) is 0 Å². The van der Waals surface area contributed by atoms with E-state index in [1.165, 1.54) is 11.7 Å². The lowest BCUT2D eigenvalue weighted by Crippen LogP contribution is -2.24. The van der Waals surface area contributed by atoms with Crippen molar-refractivity contribution < 1.29 is 4.74 Å². The Balaban J connectivity index is 2.40. The Morgan fingerprint density at radius 1 is 1.23 bits per heavy atom. The minimum atomic E-state index is -0.414. The van der Waals surface area contributed by atoms with Gasteiger partial charge in [0.05, 0.1) is 18.2 Å². The van der Waals surface area contributed by atoms with Crippen molar-refractivity contribution in [2.75, 3.05) is 19.5 Å². The number of methoxy groups -OCH3 is 1. The number of aryl methyl sites for hydroxylation is 1. The van der Waals surface area contributed by atoms with Crippen molar-refractivity contribution in [3.05, 3.63) is 46.6 Å². The summed E-state index contributed by atoms with van der Waals surface area (Å²) in [5.74, 6) is 0.924. The van der Waals surface area contributed by atoms with Crippen LogP contribution in [0.1, 0.15) is 5.69 Å². The number of aromatic nitrogens is 4. The van der Waals surface area contributed by atoms with Gasteiger partial charge in [-0.25, -0.2) is 19.3 Å². The van der Waals surface area contributed by atoms with Gasteiger partial charge < -0.3 is 10.1 Å². The first-order valence-electron chi connectivity index (χ1n) is 6.72. The summed E-state index contributed by atoms with van der Waals surface area (Å²) < 4.78 is 6.57. The Bertz CT molecular complexity index is 904. The first kappa shape index (κ1) is 14.0. The second kappa shape index (κ2) is 5.44.